The van der Waals surface area contributed by atoms with Crippen molar-refractivity contribution in [2.24, 2.45) is 0 Å². The summed E-state index contributed by atoms with van der Waals surface area (Å²) < 4.78 is 9.24. The van der Waals surface area contributed by atoms with Gasteiger partial charge in [0.1, 0.15) is 0 Å². The molecule has 2 heterocycles. The minimum Gasteiger partial charge on any atom is -0.373 e. The molecule has 0 amide bonds. The lowest BCUT2D eigenvalue weighted by molar-refractivity contribution is -0.0147. The van der Waals surface area contributed by atoms with Gasteiger partial charge in [0.05, 0.1) is 34.6 Å². The van der Waals surface area contributed by atoms with Crippen LogP contribution in [0.3, 0.4) is 0 Å². The maximum absolute atomic E-state index is 6.08. The van der Waals surface area contributed by atoms with Crippen LogP contribution in [0.5, 0.6) is 0 Å². The van der Waals surface area contributed by atoms with Crippen molar-refractivity contribution in [3.63, 3.8) is 0 Å². The quantitative estimate of drug-likeness (QED) is 0.812. The van der Waals surface area contributed by atoms with Crippen LogP contribution in [0.25, 0.3) is 0 Å². The van der Waals surface area contributed by atoms with Gasteiger partial charge < -0.3 is 15.0 Å². The van der Waals surface area contributed by atoms with E-state index in [0.717, 1.165) is 43.6 Å². The summed E-state index contributed by atoms with van der Waals surface area (Å²) in [4.78, 5) is 2.18. The molecule has 0 aromatic carbocycles. The van der Waals surface area contributed by atoms with E-state index in [4.69, 9.17) is 4.74 Å². The van der Waals surface area contributed by atoms with Crippen LogP contribution in [0.4, 0.5) is 0 Å². The summed E-state index contributed by atoms with van der Waals surface area (Å²) in [6.45, 7) is 7.96. The molecule has 0 radical (unpaired) electrons. The van der Waals surface area contributed by atoms with E-state index >= 15 is 0 Å². The number of nitrogens with zero attached hydrogens (tertiary/aromatic N) is 3. The van der Waals surface area contributed by atoms with E-state index in [1.807, 2.05) is 6.20 Å². The normalized spacial score (nSPS) is 23.9. The maximum Gasteiger partial charge on any atom is 0.0864 e. The number of likely N-dealkylation sites (N-methyl/N-ethyl adjacent to an activating group) is 2. The molecule has 1 N–H and O–H groups in total. The van der Waals surface area contributed by atoms with E-state index in [0.29, 0.717) is 0 Å². The highest BCUT2D eigenvalue weighted by Crippen LogP contribution is 2.39. The Morgan fingerprint density at radius 2 is 2.33 bits per heavy atom. The Labute approximate surface area is 136 Å². The Kier molecular flexibility index (Phi) is 5.82. The number of hydrogen-bond donors (Lipinski definition) is 1. The van der Waals surface area contributed by atoms with Gasteiger partial charge in [-0.05, 0) is 56.3 Å². The number of aromatic nitrogens is 2. The Morgan fingerprint density at radius 3 is 2.90 bits per heavy atom. The average Bonchev–Trinajstić information content (AvgIpc) is 3.01. The van der Waals surface area contributed by atoms with E-state index < -0.39 is 0 Å². The highest BCUT2D eigenvalue weighted by molar-refractivity contribution is 9.10. The minimum absolute atomic E-state index is 0.157. The fraction of sp³-hybridized carbons (Fsp3) is 0.800. The maximum atomic E-state index is 6.08. The first-order chi connectivity index (χ1) is 9.98. The lowest BCUT2D eigenvalue weighted by Crippen LogP contribution is -2.42. The van der Waals surface area contributed by atoms with Crippen molar-refractivity contribution < 1.29 is 4.74 Å². The van der Waals surface area contributed by atoms with E-state index in [2.05, 4.69) is 63.9 Å². The molecule has 5 nitrogen and oxygen atoms in total. The molecule has 0 aliphatic carbocycles. The molecule has 1 aromatic rings. The third-order valence-electron chi connectivity index (χ3n) is 4.13. The summed E-state index contributed by atoms with van der Waals surface area (Å²) >= 11 is 3.67. The topological polar surface area (TPSA) is 42.3 Å². The second kappa shape index (κ2) is 7.22. The lowest BCUT2D eigenvalue weighted by Gasteiger charge is -2.34. The summed E-state index contributed by atoms with van der Waals surface area (Å²) in [6.07, 6.45) is 4.10. The number of halogens is 1. The summed E-state index contributed by atoms with van der Waals surface area (Å²) in [5, 5.41) is 8.15. The second-order valence-corrected chi connectivity index (χ2v) is 7.01. The van der Waals surface area contributed by atoms with Crippen LogP contribution >= 0.6 is 15.9 Å². The number of rotatable bonds is 7. The van der Waals surface area contributed by atoms with Gasteiger partial charge in [-0.2, -0.15) is 5.10 Å². The molecular weight excluding hydrogens is 332 g/mol. The summed E-state index contributed by atoms with van der Waals surface area (Å²) in [7, 11) is 4.17. The molecule has 6 heteroatoms. The molecule has 0 bridgehead atoms. The van der Waals surface area contributed by atoms with E-state index in [-0.39, 0.29) is 11.6 Å². The largest absolute Gasteiger partial charge is 0.373 e. The first kappa shape index (κ1) is 16.9. The highest BCUT2D eigenvalue weighted by Gasteiger charge is 2.41. The Hall–Kier alpha value is -0.430. The van der Waals surface area contributed by atoms with Crippen LogP contribution in [-0.2, 0) is 11.3 Å². The molecule has 2 rings (SSSR count). The van der Waals surface area contributed by atoms with Crippen molar-refractivity contribution in [3.8, 4) is 0 Å². The molecule has 1 aliphatic rings. The van der Waals surface area contributed by atoms with Crippen molar-refractivity contribution >= 4 is 15.9 Å². The van der Waals surface area contributed by atoms with E-state index in [1.54, 1.807) is 0 Å². The molecule has 0 spiro atoms. The zero-order valence-electron chi connectivity index (χ0n) is 13.5. The van der Waals surface area contributed by atoms with Crippen molar-refractivity contribution in [1.82, 2.24) is 20.0 Å². The van der Waals surface area contributed by atoms with Crippen molar-refractivity contribution in [3.05, 3.63) is 16.4 Å². The molecule has 1 aliphatic heterocycles. The molecule has 21 heavy (non-hydrogen) atoms. The monoisotopic (exact) mass is 358 g/mol. The van der Waals surface area contributed by atoms with Crippen molar-refractivity contribution in [2.75, 3.05) is 33.8 Å². The third-order valence-corrected chi connectivity index (χ3v) is 4.74. The average molecular weight is 359 g/mol. The van der Waals surface area contributed by atoms with Gasteiger partial charge in [-0.15, -0.1) is 0 Å². The molecule has 2 atom stereocenters. The van der Waals surface area contributed by atoms with Gasteiger partial charge in [-0.3, -0.25) is 4.68 Å². The van der Waals surface area contributed by atoms with Crippen LogP contribution < -0.4 is 5.32 Å². The molecule has 1 aromatic heterocycles. The molecule has 1 fully saturated rings. The zero-order valence-corrected chi connectivity index (χ0v) is 15.1. The SMILES string of the molecule is CCNC(c1c(Br)cnn1CCN(C)C)C1(C)CCCO1. The lowest BCUT2D eigenvalue weighted by atomic mass is 9.90. The van der Waals surface area contributed by atoms with Crippen LogP contribution in [0.15, 0.2) is 10.7 Å². The summed E-state index contributed by atoms with van der Waals surface area (Å²) in [6, 6.07) is 0.157. The molecule has 0 saturated carbocycles. The van der Waals surface area contributed by atoms with Gasteiger partial charge in [0.15, 0.2) is 0 Å². The van der Waals surface area contributed by atoms with Crippen molar-refractivity contribution in [2.45, 2.75) is 44.9 Å². The van der Waals surface area contributed by atoms with Gasteiger partial charge in [0.2, 0.25) is 0 Å². The van der Waals surface area contributed by atoms with Gasteiger partial charge in [-0.1, -0.05) is 6.92 Å². The number of ether oxygens (including phenoxy) is 1. The predicted molar refractivity (Wildman–Crippen MR) is 88.5 cm³/mol. The van der Waals surface area contributed by atoms with E-state index in [1.165, 1.54) is 5.69 Å². The fourth-order valence-corrected chi connectivity index (χ4v) is 3.49. The molecule has 1 saturated heterocycles. The van der Waals surface area contributed by atoms with Crippen LogP contribution in [-0.4, -0.2) is 54.1 Å². The standard InChI is InChI=1S/C15H27BrN4O/c1-5-17-14(15(2)7-6-10-21-15)13-12(16)11-18-20(13)9-8-19(3)4/h11,14,17H,5-10H2,1-4H3. The van der Waals surface area contributed by atoms with Gasteiger partial charge in [-0.25, -0.2) is 0 Å². The first-order valence-corrected chi connectivity index (χ1v) is 8.50. The van der Waals surface area contributed by atoms with Crippen LogP contribution in [0.1, 0.15) is 38.4 Å². The van der Waals surface area contributed by atoms with Gasteiger partial charge >= 0.3 is 0 Å². The highest BCUT2D eigenvalue weighted by atomic mass is 79.9. The first-order valence-electron chi connectivity index (χ1n) is 7.71. The van der Waals surface area contributed by atoms with Gasteiger partial charge in [0, 0.05) is 13.2 Å². The number of nitrogens with one attached hydrogen (secondary N) is 1. The molecule has 2 unspecified atom stereocenters. The summed E-state index contributed by atoms with van der Waals surface area (Å²) in [5.41, 5.74) is 1.04. The van der Waals surface area contributed by atoms with Crippen LogP contribution in [0, 0.1) is 0 Å². The minimum atomic E-state index is -0.158. The van der Waals surface area contributed by atoms with Crippen LogP contribution in [0.2, 0.25) is 0 Å². The summed E-state index contributed by atoms with van der Waals surface area (Å²) in [5.74, 6) is 0. The van der Waals surface area contributed by atoms with Crippen molar-refractivity contribution in [1.29, 1.82) is 0 Å². The zero-order chi connectivity index (χ0) is 15.5. The Bertz CT molecular complexity index is 455. The second-order valence-electron chi connectivity index (χ2n) is 6.16. The Morgan fingerprint density at radius 1 is 1.57 bits per heavy atom. The predicted octanol–water partition coefficient (Wildman–Crippen LogP) is 2.43. The van der Waals surface area contributed by atoms with Gasteiger partial charge in [0.25, 0.3) is 0 Å². The van der Waals surface area contributed by atoms with E-state index in [9.17, 15) is 0 Å². The Balaban J connectivity index is 2.29. The molecular formula is C15H27BrN4O. The number of hydrogen-bond acceptors (Lipinski definition) is 4. The molecule has 120 valence electrons. The smallest absolute Gasteiger partial charge is 0.0864 e. The third kappa shape index (κ3) is 3.86. The fourth-order valence-electron chi connectivity index (χ4n) is 2.97.